The van der Waals surface area contributed by atoms with E-state index >= 15 is 0 Å². The second kappa shape index (κ2) is 28.6. The highest BCUT2D eigenvalue weighted by molar-refractivity contribution is 9.10. The highest BCUT2D eigenvalue weighted by Gasteiger charge is 2.30. The van der Waals surface area contributed by atoms with Gasteiger partial charge in [-0.25, -0.2) is 4.79 Å². The van der Waals surface area contributed by atoms with Gasteiger partial charge in [0.15, 0.2) is 0 Å². The van der Waals surface area contributed by atoms with Gasteiger partial charge in [0, 0.05) is 30.2 Å². The molecule has 2 aromatic rings. The van der Waals surface area contributed by atoms with E-state index in [0.717, 1.165) is 80.7 Å². The van der Waals surface area contributed by atoms with Crippen LogP contribution in [-0.2, 0) is 46.4 Å². The number of primary amides is 2. The molecular weight excluding hydrogens is 820 g/mol. The summed E-state index contributed by atoms with van der Waals surface area (Å²) in [5.41, 5.74) is 12.5. The second-order valence-corrected chi connectivity index (χ2v) is 16.3. The maximum atomic E-state index is 13.2. The Morgan fingerprint density at radius 1 is 0.593 bits per heavy atom. The summed E-state index contributed by atoms with van der Waals surface area (Å²) in [5.74, 6) is -4.56. The number of nitrogens with one attached hydrogen (secondary N) is 4. The van der Waals surface area contributed by atoms with Crippen LogP contribution in [-0.4, -0.2) is 70.7 Å². The summed E-state index contributed by atoms with van der Waals surface area (Å²) >= 11 is 3.39. The Morgan fingerprint density at radius 2 is 1.05 bits per heavy atom. The molecule has 0 aromatic heterocycles. The van der Waals surface area contributed by atoms with Gasteiger partial charge < -0.3 is 37.8 Å². The van der Waals surface area contributed by atoms with Gasteiger partial charge in [0.05, 0.1) is 6.42 Å². The summed E-state index contributed by atoms with van der Waals surface area (Å²) in [6, 6.07) is 12.1. The predicted octanol–water partition coefficient (Wildman–Crippen LogP) is 5.13. The molecule has 0 unspecified atom stereocenters. The van der Waals surface area contributed by atoms with E-state index in [9.17, 15) is 38.7 Å². The molecule has 326 valence electrons. The zero-order chi connectivity index (χ0) is 43.6. The molecule has 6 amide bonds. The minimum absolute atomic E-state index is 0.0460. The molecule has 15 heteroatoms. The minimum Gasteiger partial charge on any atom is -0.480 e. The lowest BCUT2D eigenvalue weighted by Gasteiger charge is -2.26. The van der Waals surface area contributed by atoms with Crippen molar-refractivity contribution in [3.8, 4) is 0 Å². The summed E-state index contributed by atoms with van der Waals surface area (Å²) in [6.45, 7) is 3.84. The van der Waals surface area contributed by atoms with Gasteiger partial charge in [-0.2, -0.15) is 0 Å². The zero-order valence-electron chi connectivity index (χ0n) is 34.6. The second-order valence-electron chi connectivity index (χ2n) is 15.3. The fourth-order valence-corrected chi connectivity index (χ4v) is 6.89. The van der Waals surface area contributed by atoms with Crippen LogP contribution in [0.1, 0.15) is 128 Å². The Kier molecular flexibility index (Phi) is 24.4. The molecule has 0 heterocycles. The van der Waals surface area contributed by atoms with Gasteiger partial charge in [-0.1, -0.05) is 143 Å². The number of amides is 6. The maximum Gasteiger partial charge on any atom is 0.326 e. The summed E-state index contributed by atoms with van der Waals surface area (Å²) < 4.78 is 0.902. The molecule has 0 radical (unpaired) electrons. The topological polar surface area (TPSA) is 240 Å². The molecule has 59 heavy (non-hydrogen) atoms. The van der Waals surface area contributed by atoms with Gasteiger partial charge in [0.2, 0.25) is 35.4 Å². The fraction of sp³-hybridized carbons (Fsp3) is 0.568. The largest absolute Gasteiger partial charge is 0.480 e. The Balaban J connectivity index is 1.57. The van der Waals surface area contributed by atoms with E-state index in [4.69, 9.17) is 11.5 Å². The summed E-state index contributed by atoms with van der Waals surface area (Å²) in [4.78, 5) is 87.0. The number of hydrogen-bond donors (Lipinski definition) is 7. The van der Waals surface area contributed by atoms with Crippen LogP contribution in [0.25, 0.3) is 0 Å². The van der Waals surface area contributed by atoms with Gasteiger partial charge in [0.1, 0.15) is 24.2 Å². The summed E-state index contributed by atoms with van der Waals surface area (Å²) in [5, 5.41) is 20.2. The minimum atomic E-state index is -1.26. The van der Waals surface area contributed by atoms with E-state index in [1.54, 1.807) is 30.3 Å². The van der Waals surface area contributed by atoms with Crippen molar-refractivity contribution in [2.24, 2.45) is 17.4 Å². The van der Waals surface area contributed by atoms with Crippen LogP contribution >= 0.6 is 15.9 Å². The third-order valence-corrected chi connectivity index (χ3v) is 10.9. The van der Waals surface area contributed by atoms with Gasteiger partial charge in [0.25, 0.3) is 0 Å². The first kappa shape index (κ1) is 50.4. The number of carboxylic acids is 1. The van der Waals surface area contributed by atoms with E-state index in [2.05, 4.69) is 37.2 Å². The standard InChI is InChI=1S/C44H65BrN6O8/c1-3-30(2)40(43(57)49-34(41(47)55)27-32-23-25-33(45)26-24-32)51-39(54)22-18-13-11-9-7-5-4-6-8-10-12-17-21-38(53)48-35(29-37(46)52)42(56)50-36(44(58)59)28-31-19-15-14-16-20-31/h14-16,19-20,23-26,30,34-36,40H,3-13,17-18,21-22,27-29H2,1-2H3,(H2,46,52)(H2,47,55)(H,48,53)(H,49,57)(H,50,56)(H,51,54)(H,58,59)/t30-,34-,35-,36-,40-/m0/s1. The van der Waals surface area contributed by atoms with Crippen LogP contribution in [0.4, 0.5) is 0 Å². The number of rotatable bonds is 31. The summed E-state index contributed by atoms with van der Waals surface area (Å²) in [7, 11) is 0. The smallest absolute Gasteiger partial charge is 0.326 e. The van der Waals surface area contributed by atoms with Crippen LogP contribution in [0.2, 0.25) is 0 Å². The van der Waals surface area contributed by atoms with Gasteiger partial charge >= 0.3 is 5.97 Å². The Hall–Kier alpha value is -4.79. The third-order valence-electron chi connectivity index (χ3n) is 10.3. The molecule has 14 nitrogen and oxygen atoms in total. The average molecular weight is 886 g/mol. The molecule has 0 saturated carbocycles. The SMILES string of the molecule is CC[C@H](C)[C@H](NC(=O)CCCCCCCCCCCCCCC(=O)N[C@@H](CC(N)=O)C(=O)N[C@@H](Cc1ccccc1)C(=O)O)C(=O)N[C@@H](Cc1ccc(Br)cc1)C(N)=O. The highest BCUT2D eigenvalue weighted by atomic mass is 79.9. The van der Waals surface area contributed by atoms with Gasteiger partial charge in [-0.3, -0.25) is 28.8 Å². The van der Waals surface area contributed by atoms with Crippen LogP contribution in [0.5, 0.6) is 0 Å². The molecule has 2 rings (SSSR count). The number of carboxylic acid groups (broad SMARTS) is 1. The lowest BCUT2D eigenvalue weighted by molar-refractivity contribution is -0.142. The number of halogens is 1. The first-order valence-electron chi connectivity index (χ1n) is 21.0. The number of nitrogens with two attached hydrogens (primary N) is 2. The Bertz CT molecular complexity index is 1630. The van der Waals surface area contributed by atoms with E-state index < -0.39 is 66.1 Å². The lowest BCUT2D eigenvalue weighted by Crippen LogP contribution is -2.55. The van der Waals surface area contributed by atoms with Crippen LogP contribution in [0.3, 0.4) is 0 Å². The number of carbonyl (C=O) groups excluding carboxylic acids is 6. The van der Waals surface area contributed by atoms with E-state index in [1.807, 2.05) is 38.1 Å². The molecular formula is C44H65BrN6O8. The number of benzene rings is 2. The fourth-order valence-electron chi connectivity index (χ4n) is 6.63. The van der Waals surface area contributed by atoms with Crippen LogP contribution in [0.15, 0.2) is 59.1 Å². The number of carbonyl (C=O) groups is 7. The van der Waals surface area contributed by atoms with Crippen molar-refractivity contribution < 1.29 is 38.7 Å². The maximum absolute atomic E-state index is 13.2. The molecule has 0 bridgehead atoms. The van der Waals surface area contributed by atoms with Crippen molar-refractivity contribution in [2.45, 2.75) is 154 Å². The molecule has 5 atom stereocenters. The van der Waals surface area contributed by atoms with E-state index in [1.165, 1.54) is 0 Å². The predicted molar refractivity (Wildman–Crippen MR) is 230 cm³/mol. The average Bonchev–Trinajstić information content (AvgIpc) is 3.19. The van der Waals surface area contributed by atoms with Gasteiger partial charge in [-0.15, -0.1) is 0 Å². The molecule has 0 aliphatic heterocycles. The highest BCUT2D eigenvalue weighted by Crippen LogP contribution is 2.16. The quantitative estimate of drug-likeness (QED) is 0.0500. The normalized spacial score (nSPS) is 13.5. The molecule has 0 fully saturated rings. The number of hydrogen-bond acceptors (Lipinski definition) is 7. The Morgan fingerprint density at radius 3 is 1.53 bits per heavy atom. The first-order valence-corrected chi connectivity index (χ1v) is 21.8. The monoisotopic (exact) mass is 884 g/mol. The molecule has 2 aromatic carbocycles. The summed E-state index contributed by atoms with van der Waals surface area (Å²) in [6.07, 6.45) is 12.7. The van der Waals surface area contributed by atoms with E-state index in [-0.39, 0.29) is 31.1 Å². The van der Waals surface area contributed by atoms with Crippen molar-refractivity contribution in [3.63, 3.8) is 0 Å². The van der Waals surface area contributed by atoms with Crippen LogP contribution < -0.4 is 32.7 Å². The lowest BCUT2D eigenvalue weighted by atomic mass is 9.97. The van der Waals surface area contributed by atoms with E-state index in [0.29, 0.717) is 24.8 Å². The van der Waals surface area contributed by atoms with Crippen molar-refractivity contribution in [2.75, 3.05) is 0 Å². The Labute approximate surface area is 357 Å². The first-order chi connectivity index (χ1) is 28.2. The molecule has 0 saturated heterocycles. The molecule has 0 aliphatic rings. The third kappa shape index (κ3) is 21.7. The molecule has 0 aliphatic carbocycles. The number of unbranched alkanes of at least 4 members (excludes halogenated alkanes) is 11. The van der Waals surface area contributed by atoms with Crippen molar-refractivity contribution in [3.05, 3.63) is 70.2 Å². The van der Waals surface area contributed by atoms with Crippen molar-refractivity contribution >= 4 is 57.3 Å². The molecule has 0 spiro atoms. The van der Waals surface area contributed by atoms with Gasteiger partial charge in [-0.05, 0) is 42.0 Å². The zero-order valence-corrected chi connectivity index (χ0v) is 36.2. The van der Waals surface area contributed by atoms with Crippen LogP contribution in [0, 0.1) is 5.92 Å². The van der Waals surface area contributed by atoms with Crippen molar-refractivity contribution in [1.29, 1.82) is 0 Å². The van der Waals surface area contributed by atoms with Crippen molar-refractivity contribution in [1.82, 2.24) is 21.3 Å². The number of aliphatic carboxylic acids is 1. The molecule has 9 N–H and O–H groups in total.